The van der Waals surface area contributed by atoms with E-state index >= 15 is 0 Å². The van der Waals surface area contributed by atoms with Crippen molar-refractivity contribution in [3.05, 3.63) is 53.1 Å². The van der Waals surface area contributed by atoms with E-state index < -0.39 is 6.09 Å². The molecular formula is C21H24N2O4. The van der Waals surface area contributed by atoms with Crippen LogP contribution in [0.5, 0.6) is 17.2 Å². The Kier molecular flexibility index (Phi) is 4.66. The lowest BCUT2D eigenvalue weighted by Gasteiger charge is -2.38. The molecule has 27 heavy (non-hydrogen) atoms. The summed E-state index contributed by atoms with van der Waals surface area (Å²) < 4.78 is 11.6. The van der Waals surface area contributed by atoms with Gasteiger partial charge in [-0.15, -0.1) is 0 Å². The van der Waals surface area contributed by atoms with Crippen LogP contribution in [0.15, 0.2) is 36.4 Å². The molecule has 6 nitrogen and oxygen atoms in total. The van der Waals surface area contributed by atoms with E-state index in [1.165, 1.54) is 10.5 Å². The Hall–Kier alpha value is -2.73. The van der Waals surface area contributed by atoms with Crippen molar-refractivity contribution >= 4 is 6.09 Å². The molecule has 1 saturated heterocycles. The summed E-state index contributed by atoms with van der Waals surface area (Å²) in [6.45, 7) is 4.58. The zero-order chi connectivity index (χ0) is 19.0. The van der Waals surface area contributed by atoms with Crippen LogP contribution in [0, 0.1) is 6.92 Å². The fourth-order valence-electron chi connectivity index (χ4n) is 3.93. The van der Waals surface area contributed by atoms with Crippen LogP contribution >= 0.6 is 0 Å². The molecule has 2 aromatic carbocycles. The van der Waals surface area contributed by atoms with E-state index in [1.807, 2.05) is 18.2 Å². The number of ether oxygens (including phenoxy) is 2. The summed E-state index contributed by atoms with van der Waals surface area (Å²) in [6, 6.07) is 12.4. The van der Waals surface area contributed by atoms with Gasteiger partial charge in [-0.2, -0.15) is 0 Å². The van der Waals surface area contributed by atoms with Gasteiger partial charge in [-0.05, 0) is 31.0 Å². The molecule has 0 aliphatic carbocycles. The van der Waals surface area contributed by atoms with Crippen LogP contribution in [-0.4, -0.2) is 54.3 Å². The average molecular weight is 368 g/mol. The molecule has 1 amide bonds. The van der Waals surface area contributed by atoms with Crippen LogP contribution in [0.1, 0.15) is 22.7 Å². The zero-order valence-electron chi connectivity index (χ0n) is 15.6. The minimum atomic E-state index is -0.840. The SMILES string of the molecule is COc1ccc2c(c1)Oc1ccc(C)cc1C(N1CCN(C(=O)O)CC1)C2. The number of rotatable bonds is 2. The molecular weight excluding hydrogens is 344 g/mol. The standard InChI is InChI=1S/C21H24N2O4/c1-14-3-6-19-17(11-14)18(22-7-9-23(10-8-22)21(24)25)12-15-4-5-16(26-2)13-20(15)27-19/h3-6,11,13,18H,7-10,12H2,1-2H3,(H,24,25). The Balaban J connectivity index is 1.70. The normalized spacial score (nSPS) is 19.5. The van der Waals surface area contributed by atoms with Crippen LogP contribution < -0.4 is 9.47 Å². The minimum Gasteiger partial charge on any atom is -0.497 e. The summed E-state index contributed by atoms with van der Waals surface area (Å²) in [7, 11) is 1.65. The molecule has 6 heteroatoms. The highest BCUT2D eigenvalue weighted by Gasteiger charge is 2.31. The van der Waals surface area contributed by atoms with Crippen molar-refractivity contribution in [3.8, 4) is 17.2 Å². The Morgan fingerprint density at radius 1 is 1.11 bits per heavy atom. The van der Waals surface area contributed by atoms with Crippen LogP contribution in [0.3, 0.4) is 0 Å². The fourth-order valence-corrected chi connectivity index (χ4v) is 3.93. The zero-order valence-corrected chi connectivity index (χ0v) is 15.6. The lowest BCUT2D eigenvalue weighted by atomic mass is 9.95. The second-order valence-electron chi connectivity index (χ2n) is 7.14. The molecule has 0 radical (unpaired) electrons. The highest BCUT2D eigenvalue weighted by molar-refractivity contribution is 5.65. The topological polar surface area (TPSA) is 62.2 Å². The van der Waals surface area contributed by atoms with Crippen LogP contribution in [0.2, 0.25) is 0 Å². The average Bonchev–Trinajstić information content (AvgIpc) is 2.83. The highest BCUT2D eigenvalue weighted by Crippen LogP contribution is 2.42. The van der Waals surface area contributed by atoms with Gasteiger partial charge in [0.05, 0.1) is 7.11 Å². The van der Waals surface area contributed by atoms with Gasteiger partial charge < -0.3 is 19.5 Å². The number of methoxy groups -OCH3 is 1. The summed E-state index contributed by atoms with van der Waals surface area (Å²) in [5, 5.41) is 9.23. The number of benzene rings is 2. The van der Waals surface area contributed by atoms with Crippen molar-refractivity contribution < 1.29 is 19.4 Å². The van der Waals surface area contributed by atoms with Crippen LogP contribution in [-0.2, 0) is 6.42 Å². The predicted octanol–water partition coefficient (Wildman–Crippen LogP) is 3.69. The number of aryl methyl sites for hydroxylation is 1. The second-order valence-corrected chi connectivity index (χ2v) is 7.14. The maximum Gasteiger partial charge on any atom is 0.407 e. The highest BCUT2D eigenvalue weighted by atomic mass is 16.5. The van der Waals surface area contributed by atoms with Gasteiger partial charge in [0.2, 0.25) is 0 Å². The van der Waals surface area contributed by atoms with E-state index in [0.29, 0.717) is 13.1 Å². The summed E-state index contributed by atoms with van der Waals surface area (Å²) >= 11 is 0. The smallest absolute Gasteiger partial charge is 0.407 e. The lowest BCUT2D eigenvalue weighted by Crippen LogP contribution is -2.49. The van der Waals surface area contributed by atoms with Gasteiger partial charge in [-0.1, -0.05) is 23.8 Å². The molecule has 2 heterocycles. The third kappa shape index (κ3) is 3.45. The van der Waals surface area contributed by atoms with E-state index in [0.717, 1.165) is 47.9 Å². The Labute approximate surface area is 158 Å². The van der Waals surface area contributed by atoms with Gasteiger partial charge in [0.25, 0.3) is 0 Å². The maximum atomic E-state index is 11.2. The summed E-state index contributed by atoms with van der Waals surface area (Å²) in [5.41, 5.74) is 3.49. The molecule has 2 aromatic rings. The second kappa shape index (κ2) is 7.12. The number of hydrogen-bond donors (Lipinski definition) is 1. The molecule has 4 rings (SSSR count). The third-order valence-electron chi connectivity index (χ3n) is 5.46. The quantitative estimate of drug-likeness (QED) is 0.876. The monoisotopic (exact) mass is 368 g/mol. The largest absolute Gasteiger partial charge is 0.497 e. The number of carboxylic acid groups (broad SMARTS) is 1. The molecule has 1 N–H and O–H groups in total. The van der Waals surface area contributed by atoms with Gasteiger partial charge in [-0.25, -0.2) is 4.79 Å². The number of piperazine rings is 1. The van der Waals surface area contributed by atoms with E-state index in [1.54, 1.807) is 7.11 Å². The molecule has 0 spiro atoms. The summed E-state index contributed by atoms with van der Waals surface area (Å²) in [4.78, 5) is 15.1. The van der Waals surface area contributed by atoms with Gasteiger partial charge in [0, 0.05) is 43.9 Å². The minimum absolute atomic E-state index is 0.158. The molecule has 1 atom stereocenters. The number of hydrogen-bond acceptors (Lipinski definition) is 4. The first-order valence-electron chi connectivity index (χ1n) is 9.22. The van der Waals surface area contributed by atoms with Crippen molar-refractivity contribution in [2.75, 3.05) is 33.3 Å². The van der Waals surface area contributed by atoms with Crippen molar-refractivity contribution in [1.29, 1.82) is 0 Å². The molecule has 2 aliphatic heterocycles. The summed E-state index contributed by atoms with van der Waals surface area (Å²) in [5.74, 6) is 2.46. The van der Waals surface area contributed by atoms with Gasteiger partial charge in [0.15, 0.2) is 0 Å². The number of nitrogens with zero attached hydrogens (tertiary/aromatic N) is 2. The molecule has 0 bridgehead atoms. The van der Waals surface area contributed by atoms with Crippen molar-refractivity contribution in [2.24, 2.45) is 0 Å². The van der Waals surface area contributed by atoms with E-state index in [4.69, 9.17) is 9.47 Å². The summed E-state index contributed by atoms with van der Waals surface area (Å²) in [6.07, 6.45) is -0.0180. The van der Waals surface area contributed by atoms with E-state index in [9.17, 15) is 9.90 Å². The Bertz CT molecular complexity index is 859. The first-order valence-corrected chi connectivity index (χ1v) is 9.22. The maximum absolute atomic E-state index is 11.2. The molecule has 1 unspecified atom stereocenters. The molecule has 0 saturated carbocycles. The lowest BCUT2D eigenvalue weighted by molar-refractivity contribution is 0.0846. The molecule has 0 aromatic heterocycles. The Morgan fingerprint density at radius 3 is 2.59 bits per heavy atom. The van der Waals surface area contributed by atoms with Gasteiger partial charge in [0.1, 0.15) is 17.2 Å². The van der Waals surface area contributed by atoms with Crippen molar-refractivity contribution in [3.63, 3.8) is 0 Å². The molecule has 142 valence electrons. The van der Waals surface area contributed by atoms with E-state index in [2.05, 4.69) is 30.0 Å². The number of carbonyl (C=O) groups is 1. The Morgan fingerprint density at radius 2 is 1.89 bits per heavy atom. The van der Waals surface area contributed by atoms with Crippen LogP contribution in [0.4, 0.5) is 4.79 Å². The first-order chi connectivity index (χ1) is 13.0. The van der Waals surface area contributed by atoms with Gasteiger partial charge in [-0.3, -0.25) is 4.90 Å². The van der Waals surface area contributed by atoms with E-state index in [-0.39, 0.29) is 6.04 Å². The van der Waals surface area contributed by atoms with Crippen LogP contribution in [0.25, 0.3) is 0 Å². The third-order valence-corrected chi connectivity index (χ3v) is 5.46. The molecule has 2 aliphatic rings. The van der Waals surface area contributed by atoms with Crippen molar-refractivity contribution in [2.45, 2.75) is 19.4 Å². The number of fused-ring (bicyclic) bond motifs is 2. The molecule has 1 fully saturated rings. The predicted molar refractivity (Wildman–Crippen MR) is 102 cm³/mol. The number of amides is 1. The first kappa shape index (κ1) is 17.7. The fraction of sp³-hybridized carbons (Fsp3) is 0.381. The van der Waals surface area contributed by atoms with Gasteiger partial charge >= 0.3 is 6.09 Å². The van der Waals surface area contributed by atoms with Crippen molar-refractivity contribution in [1.82, 2.24) is 9.80 Å².